The normalized spacial score (nSPS) is 16.1. The van der Waals surface area contributed by atoms with E-state index in [1.807, 2.05) is 17.9 Å². The summed E-state index contributed by atoms with van der Waals surface area (Å²) in [6, 6.07) is 5.24. The van der Waals surface area contributed by atoms with Crippen LogP contribution in [0.25, 0.3) is 10.2 Å². The Morgan fingerprint density at radius 3 is 2.57 bits per heavy atom. The highest BCUT2D eigenvalue weighted by atomic mass is 32.2. The van der Waals surface area contributed by atoms with Gasteiger partial charge in [-0.25, -0.2) is 13.4 Å². The molecule has 2 heterocycles. The standard InChI is InChI=1S/C15H19N3O3S2/c1-3-13(19)17-7-9-18(10-8-17)15-16-14-11(22-15)5-4-6-12(14)23(2,20)21/h4-6H,3,7-10H2,1-2H3. The molecule has 0 spiro atoms. The minimum Gasteiger partial charge on any atom is -0.345 e. The summed E-state index contributed by atoms with van der Waals surface area (Å²) in [7, 11) is -3.30. The molecule has 1 aliphatic heterocycles. The predicted molar refractivity (Wildman–Crippen MR) is 91.8 cm³/mol. The number of rotatable bonds is 3. The lowest BCUT2D eigenvalue weighted by Gasteiger charge is -2.34. The zero-order valence-electron chi connectivity index (χ0n) is 13.2. The highest BCUT2D eigenvalue weighted by Crippen LogP contribution is 2.32. The van der Waals surface area contributed by atoms with Crippen molar-refractivity contribution in [3.05, 3.63) is 18.2 Å². The van der Waals surface area contributed by atoms with Gasteiger partial charge in [0.1, 0.15) is 5.52 Å². The molecular weight excluding hydrogens is 334 g/mol. The summed E-state index contributed by atoms with van der Waals surface area (Å²) in [5.41, 5.74) is 0.544. The van der Waals surface area contributed by atoms with Gasteiger partial charge in [0.25, 0.3) is 0 Å². The van der Waals surface area contributed by atoms with Crippen LogP contribution in [0, 0.1) is 0 Å². The Morgan fingerprint density at radius 2 is 1.96 bits per heavy atom. The van der Waals surface area contributed by atoms with Gasteiger partial charge in [0.2, 0.25) is 5.91 Å². The summed E-state index contributed by atoms with van der Waals surface area (Å²) in [5.74, 6) is 0.174. The van der Waals surface area contributed by atoms with E-state index in [0.29, 0.717) is 25.0 Å². The lowest BCUT2D eigenvalue weighted by atomic mass is 10.3. The van der Waals surface area contributed by atoms with E-state index in [0.717, 1.165) is 22.9 Å². The molecule has 124 valence electrons. The van der Waals surface area contributed by atoms with E-state index in [4.69, 9.17) is 0 Å². The van der Waals surface area contributed by atoms with Crippen LogP contribution in [-0.4, -0.2) is 56.6 Å². The third kappa shape index (κ3) is 3.18. The van der Waals surface area contributed by atoms with Crippen LogP contribution in [0.15, 0.2) is 23.1 Å². The van der Waals surface area contributed by atoms with E-state index in [9.17, 15) is 13.2 Å². The Hall–Kier alpha value is -1.67. The lowest BCUT2D eigenvalue weighted by Crippen LogP contribution is -2.48. The van der Waals surface area contributed by atoms with Crippen molar-refractivity contribution in [1.82, 2.24) is 9.88 Å². The van der Waals surface area contributed by atoms with Crippen molar-refractivity contribution in [2.24, 2.45) is 0 Å². The van der Waals surface area contributed by atoms with Crippen LogP contribution in [0.2, 0.25) is 0 Å². The monoisotopic (exact) mass is 353 g/mol. The number of carbonyl (C=O) groups is 1. The number of amides is 1. The molecular formula is C15H19N3O3S2. The maximum absolute atomic E-state index is 11.9. The number of thiazole rings is 1. The third-order valence-electron chi connectivity index (χ3n) is 3.98. The van der Waals surface area contributed by atoms with Gasteiger partial charge in [-0.05, 0) is 12.1 Å². The van der Waals surface area contributed by atoms with Gasteiger partial charge in [-0.15, -0.1) is 0 Å². The average Bonchev–Trinajstić information content (AvgIpc) is 2.97. The molecule has 1 aliphatic rings. The SMILES string of the molecule is CCC(=O)N1CCN(c2nc3c(S(C)(=O)=O)cccc3s2)CC1. The first-order valence-electron chi connectivity index (χ1n) is 7.52. The van der Waals surface area contributed by atoms with Crippen LogP contribution < -0.4 is 4.90 Å². The Bertz CT molecular complexity index is 837. The number of hydrogen-bond acceptors (Lipinski definition) is 6. The summed E-state index contributed by atoms with van der Waals surface area (Å²) in [4.78, 5) is 20.6. The van der Waals surface area contributed by atoms with Crippen molar-refractivity contribution in [3.63, 3.8) is 0 Å². The van der Waals surface area contributed by atoms with Gasteiger partial charge in [-0.2, -0.15) is 0 Å². The molecule has 1 amide bonds. The first kappa shape index (κ1) is 16.2. The van der Waals surface area contributed by atoms with Crippen LogP contribution in [0.4, 0.5) is 5.13 Å². The maximum Gasteiger partial charge on any atom is 0.222 e. The van der Waals surface area contributed by atoms with E-state index in [-0.39, 0.29) is 10.8 Å². The van der Waals surface area contributed by atoms with Crippen LogP contribution in [0.3, 0.4) is 0 Å². The van der Waals surface area contributed by atoms with Gasteiger partial charge in [0.15, 0.2) is 15.0 Å². The zero-order chi connectivity index (χ0) is 16.6. The molecule has 0 N–H and O–H groups in total. The van der Waals surface area contributed by atoms with Crippen molar-refractivity contribution in [2.75, 3.05) is 37.3 Å². The van der Waals surface area contributed by atoms with Gasteiger partial charge in [-0.3, -0.25) is 4.79 Å². The minimum absolute atomic E-state index is 0.174. The number of hydrogen-bond donors (Lipinski definition) is 0. The van der Waals surface area contributed by atoms with Gasteiger partial charge in [-0.1, -0.05) is 24.3 Å². The number of anilines is 1. The van der Waals surface area contributed by atoms with E-state index in [1.165, 1.54) is 17.6 Å². The highest BCUT2D eigenvalue weighted by Gasteiger charge is 2.23. The van der Waals surface area contributed by atoms with Crippen molar-refractivity contribution in [3.8, 4) is 0 Å². The lowest BCUT2D eigenvalue weighted by molar-refractivity contribution is -0.131. The second-order valence-electron chi connectivity index (χ2n) is 5.59. The first-order valence-corrected chi connectivity index (χ1v) is 10.2. The van der Waals surface area contributed by atoms with Gasteiger partial charge >= 0.3 is 0 Å². The number of aromatic nitrogens is 1. The summed E-state index contributed by atoms with van der Waals surface area (Å²) >= 11 is 1.50. The first-order chi connectivity index (χ1) is 10.9. The molecule has 0 aliphatic carbocycles. The Labute approximate surface area is 139 Å². The van der Waals surface area contributed by atoms with Crippen LogP contribution in [0.5, 0.6) is 0 Å². The summed E-state index contributed by atoms with van der Waals surface area (Å²) < 4.78 is 24.7. The largest absolute Gasteiger partial charge is 0.345 e. The smallest absolute Gasteiger partial charge is 0.222 e. The molecule has 1 aromatic carbocycles. The molecule has 2 aromatic rings. The number of fused-ring (bicyclic) bond motifs is 1. The Morgan fingerprint density at radius 1 is 1.26 bits per heavy atom. The summed E-state index contributed by atoms with van der Waals surface area (Å²) in [6.45, 7) is 4.68. The van der Waals surface area contributed by atoms with Crippen molar-refractivity contribution in [1.29, 1.82) is 0 Å². The molecule has 0 saturated carbocycles. The number of benzene rings is 1. The summed E-state index contributed by atoms with van der Waals surface area (Å²) in [5, 5.41) is 0.819. The Kier molecular flexibility index (Phi) is 4.29. The summed E-state index contributed by atoms with van der Waals surface area (Å²) in [6.07, 6.45) is 1.73. The van der Waals surface area contributed by atoms with E-state index in [2.05, 4.69) is 9.88 Å². The van der Waals surface area contributed by atoms with Crippen LogP contribution in [-0.2, 0) is 14.6 Å². The fourth-order valence-corrected chi connectivity index (χ4v) is 4.66. The molecule has 1 saturated heterocycles. The molecule has 6 nitrogen and oxygen atoms in total. The number of carbonyl (C=O) groups excluding carboxylic acids is 1. The van der Waals surface area contributed by atoms with Crippen LogP contribution >= 0.6 is 11.3 Å². The second-order valence-corrected chi connectivity index (χ2v) is 8.59. The van der Waals surface area contributed by atoms with Gasteiger partial charge in [0, 0.05) is 38.9 Å². The molecule has 0 atom stereocenters. The predicted octanol–water partition coefficient (Wildman–Crippen LogP) is 1.76. The number of para-hydroxylation sites is 1. The zero-order valence-corrected chi connectivity index (χ0v) is 14.8. The quantitative estimate of drug-likeness (QED) is 0.841. The molecule has 0 bridgehead atoms. The average molecular weight is 353 g/mol. The number of nitrogens with zero attached hydrogens (tertiary/aromatic N) is 3. The molecule has 1 aromatic heterocycles. The molecule has 3 rings (SSSR count). The van der Waals surface area contributed by atoms with Crippen molar-refractivity contribution >= 4 is 42.4 Å². The molecule has 1 fully saturated rings. The van der Waals surface area contributed by atoms with Crippen molar-refractivity contribution < 1.29 is 13.2 Å². The third-order valence-corrected chi connectivity index (χ3v) is 6.19. The molecule has 0 unspecified atom stereocenters. The van der Waals surface area contributed by atoms with E-state index < -0.39 is 9.84 Å². The van der Waals surface area contributed by atoms with Gasteiger partial charge in [0.05, 0.1) is 9.60 Å². The topological polar surface area (TPSA) is 70.6 Å². The number of piperazine rings is 1. The maximum atomic E-state index is 11.9. The highest BCUT2D eigenvalue weighted by molar-refractivity contribution is 7.91. The minimum atomic E-state index is -3.30. The van der Waals surface area contributed by atoms with E-state index in [1.54, 1.807) is 12.1 Å². The van der Waals surface area contributed by atoms with Gasteiger partial charge < -0.3 is 9.80 Å². The van der Waals surface area contributed by atoms with Crippen LogP contribution in [0.1, 0.15) is 13.3 Å². The Balaban J connectivity index is 1.87. The molecule has 23 heavy (non-hydrogen) atoms. The molecule has 0 radical (unpaired) electrons. The number of sulfone groups is 1. The second kappa shape index (κ2) is 6.09. The van der Waals surface area contributed by atoms with E-state index >= 15 is 0 Å². The fourth-order valence-electron chi connectivity index (χ4n) is 2.72. The fraction of sp³-hybridized carbons (Fsp3) is 0.467. The van der Waals surface area contributed by atoms with Crippen molar-refractivity contribution in [2.45, 2.75) is 18.2 Å². The molecule has 8 heteroatoms.